The van der Waals surface area contributed by atoms with Gasteiger partial charge in [0.25, 0.3) is 11.8 Å². The van der Waals surface area contributed by atoms with Gasteiger partial charge >= 0.3 is 0 Å². The van der Waals surface area contributed by atoms with Crippen molar-refractivity contribution in [3.05, 3.63) is 95.1 Å². The lowest BCUT2D eigenvalue weighted by Gasteiger charge is -2.09. The molecule has 2 N–H and O–H groups in total. The second-order valence-electron chi connectivity index (χ2n) is 6.04. The van der Waals surface area contributed by atoms with Crippen LogP contribution in [0.3, 0.4) is 0 Å². The van der Waals surface area contributed by atoms with Crippen LogP contribution in [0.15, 0.2) is 67.0 Å². The molecule has 0 saturated heterocycles. The van der Waals surface area contributed by atoms with E-state index < -0.39 is 0 Å². The summed E-state index contributed by atoms with van der Waals surface area (Å²) in [6, 6.07) is 14.8. The zero-order chi connectivity index (χ0) is 19.2. The third-order valence-corrected chi connectivity index (χ3v) is 4.02. The van der Waals surface area contributed by atoms with Gasteiger partial charge < -0.3 is 10.6 Å². The van der Waals surface area contributed by atoms with Crippen LogP contribution in [-0.2, 0) is 6.54 Å². The van der Waals surface area contributed by atoms with Crippen LogP contribution in [-0.4, -0.2) is 16.8 Å². The molecule has 0 unspecified atom stereocenters. The number of rotatable bonds is 5. The number of amides is 2. The fourth-order valence-electron chi connectivity index (χ4n) is 2.48. The number of carbonyl (C=O) groups excluding carboxylic acids is 2. The van der Waals surface area contributed by atoms with E-state index in [-0.39, 0.29) is 35.3 Å². The van der Waals surface area contributed by atoms with E-state index in [2.05, 4.69) is 15.6 Å². The Bertz CT molecular complexity index is 971. The predicted molar refractivity (Wildman–Crippen MR) is 101 cm³/mol. The molecule has 0 saturated carbocycles. The SMILES string of the molecule is Cc1ccccc1NC(=O)c1cncc(C(=O)NCc2ccc(F)cc2)c1. The van der Waals surface area contributed by atoms with Gasteiger partial charge in [-0.2, -0.15) is 0 Å². The third kappa shape index (κ3) is 4.76. The number of aryl methyl sites for hydroxylation is 1. The number of para-hydroxylation sites is 1. The number of pyridine rings is 1. The van der Waals surface area contributed by atoms with Crippen LogP contribution < -0.4 is 10.6 Å². The molecule has 27 heavy (non-hydrogen) atoms. The van der Waals surface area contributed by atoms with Gasteiger partial charge in [-0.3, -0.25) is 14.6 Å². The molecule has 3 aromatic rings. The highest BCUT2D eigenvalue weighted by Crippen LogP contribution is 2.15. The summed E-state index contributed by atoms with van der Waals surface area (Å²) in [6.07, 6.45) is 2.80. The van der Waals surface area contributed by atoms with E-state index in [1.54, 1.807) is 18.2 Å². The molecule has 0 atom stereocenters. The smallest absolute Gasteiger partial charge is 0.257 e. The topological polar surface area (TPSA) is 71.1 Å². The van der Waals surface area contributed by atoms with E-state index >= 15 is 0 Å². The summed E-state index contributed by atoms with van der Waals surface area (Å²) < 4.78 is 12.9. The molecule has 0 bridgehead atoms. The maximum atomic E-state index is 12.9. The standard InChI is InChI=1S/C21H18FN3O2/c1-14-4-2-3-5-19(14)25-21(27)17-10-16(12-23-13-17)20(26)24-11-15-6-8-18(22)9-7-15/h2-10,12-13H,11H2,1H3,(H,24,26)(H,25,27). The Morgan fingerprint density at radius 2 is 1.63 bits per heavy atom. The van der Waals surface area contributed by atoms with Gasteiger partial charge in [-0.15, -0.1) is 0 Å². The quantitative estimate of drug-likeness (QED) is 0.726. The van der Waals surface area contributed by atoms with Crippen molar-refractivity contribution >= 4 is 17.5 Å². The highest BCUT2D eigenvalue weighted by atomic mass is 19.1. The van der Waals surface area contributed by atoms with Crippen LogP contribution >= 0.6 is 0 Å². The van der Waals surface area contributed by atoms with Crippen LogP contribution in [0, 0.1) is 12.7 Å². The van der Waals surface area contributed by atoms with Gasteiger partial charge in [-0.1, -0.05) is 30.3 Å². The number of halogens is 1. The van der Waals surface area contributed by atoms with Gasteiger partial charge in [0, 0.05) is 24.6 Å². The summed E-state index contributed by atoms with van der Waals surface area (Å²) in [6.45, 7) is 2.14. The molecule has 0 radical (unpaired) electrons. The minimum atomic E-state index is -0.364. The maximum absolute atomic E-state index is 12.9. The Kier molecular flexibility index (Phi) is 5.56. The van der Waals surface area contributed by atoms with E-state index in [4.69, 9.17) is 0 Å². The molecular weight excluding hydrogens is 345 g/mol. The van der Waals surface area contributed by atoms with Gasteiger partial charge in [0.05, 0.1) is 11.1 Å². The van der Waals surface area contributed by atoms with Gasteiger partial charge in [0.15, 0.2) is 0 Å². The summed E-state index contributed by atoms with van der Waals surface area (Å²) in [4.78, 5) is 28.7. The minimum absolute atomic E-state index is 0.249. The molecule has 0 fully saturated rings. The predicted octanol–water partition coefficient (Wildman–Crippen LogP) is 3.71. The summed E-state index contributed by atoms with van der Waals surface area (Å²) in [7, 11) is 0. The number of anilines is 1. The summed E-state index contributed by atoms with van der Waals surface area (Å²) >= 11 is 0. The van der Waals surface area contributed by atoms with Crippen LogP contribution in [0.4, 0.5) is 10.1 Å². The minimum Gasteiger partial charge on any atom is -0.348 e. The van der Waals surface area contributed by atoms with Crippen LogP contribution in [0.5, 0.6) is 0 Å². The van der Waals surface area contributed by atoms with Gasteiger partial charge in [0.2, 0.25) is 0 Å². The molecule has 2 amide bonds. The Morgan fingerprint density at radius 1 is 0.963 bits per heavy atom. The lowest BCUT2D eigenvalue weighted by molar-refractivity contribution is 0.0950. The number of nitrogens with zero attached hydrogens (tertiary/aromatic N) is 1. The number of hydrogen-bond acceptors (Lipinski definition) is 3. The van der Waals surface area contributed by atoms with Crippen molar-refractivity contribution in [1.82, 2.24) is 10.3 Å². The molecule has 136 valence electrons. The van der Waals surface area contributed by atoms with Gasteiger partial charge in [0.1, 0.15) is 5.82 Å². The van der Waals surface area contributed by atoms with E-state index in [0.717, 1.165) is 11.1 Å². The Labute approximate surface area is 156 Å². The lowest BCUT2D eigenvalue weighted by Crippen LogP contribution is -2.23. The molecule has 1 aromatic heterocycles. The zero-order valence-electron chi connectivity index (χ0n) is 14.7. The molecule has 0 aliphatic rings. The second kappa shape index (κ2) is 8.23. The van der Waals surface area contributed by atoms with Gasteiger partial charge in [-0.25, -0.2) is 4.39 Å². The Morgan fingerprint density at radius 3 is 2.33 bits per heavy atom. The van der Waals surface area contributed by atoms with E-state index in [0.29, 0.717) is 5.69 Å². The monoisotopic (exact) mass is 363 g/mol. The number of benzene rings is 2. The van der Waals surface area contributed by atoms with Crippen molar-refractivity contribution in [3.8, 4) is 0 Å². The second-order valence-corrected chi connectivity index (χ2v) is 6.04. The van der Waals surface area contributed by atoms with Crippen LogP contribution in [0.25, 0.3) is 0 Å². The molecule has 0 aliphatic carbocycles. The van der Waals surface area contributed by atoms with Crippen molar-refractivity contribution in [1.29, 1.82) is 0 Å². The highest BCUT2D eigenvalue weighted by molar-refractivity contribution is 6.06. The van der Waals surface area contributed by atoms with E-state index in [9.17, 15) is 14.0 Å². The molecule has 0 aliphatic heterocycles. The molecule has 1 heterocycles. The third-order valence-electron chi connectivity index (χ3n) is 4.02. The maximum Gasteiger partial charge on any atom is 0.257 e. The first-order valence-corrected chi connectivity index (χ1v) is 8.37. The first kappa shape index (κ1) is 18.3. The average molecular weight is 363 g/mol. The normalized spacial score (nSPS) is 10.3. The molecule has 5 nitrogen and oxygen atoms in total. The Balaban J connectivity index is 1.67. The number of carbonyl (C=O) groups is 2. The number of aromatic nitrogens is 1. The average Bonchev–Trinajstić information content (AvgIpc) is 2.69. The molecule has 3 rings (SSSR count). The molecule has 0 spiro atoms. The van der Waals surface area contributed by atoms with Gasteiger partial charge in [-0.05, 0) is 42.3 Å². The first-order chi connectivity index (χ1) is 13.0. The van der Waals surface area contributed by atoms with Crippen molar-refractivity contribution in [2.75, 3.05) is 5.32 Å². The van der Waals surface area contributed by atoms with Crippen molar-refractivity contribution < 1.29 is 14.0 Å². The summed E-state index contributed by atoms with van der Waals surface area (Å²) in [5, 5.41) is 5.54. The highest BCUT2D eigenvalue weighted by Gasteiger charge is 2.12. The summed E-state index contributed by atoms with van der Waals surface area (Å²) in [5.74, 6) is -1.04. The van der Waals surface area contributed by atoms with Crippen molar-refractivity contribution in [3.63, 3.8) is 0 Å². The number of hydrogen-bond donors (Lipinski definition) is 2. The van der Waals surface area contributed by atoms with Crippen LogP contribution in [0.2, 0.25) is 0 Å². The zero-order valence-corrected chi connectivity index (χ0v) is 14.7. The van der Waals surface area contributed by atoms with E-state index in [1.165, 1.54) is 30.6 Å². The fourth-order valence-corrected chi connectivity index (χ4v) is 2.48. The molecule has 6 heteroatoms. The van der Waals surface area contributed by atoms with Crippen molar-refractivity contribution in [2.45, 2.75) is 13.5 Å². The first-order valence-electron chi connectivity index (χ1n) is 8.37. The molecule has 2 aromatic carbocycles. The molecular formula is C21H18FN3O2. The van der Waals surface area contributed by atoms with E-state index in [1.807, 2.05) is 25.1 Å². The van der Waals surface area contributed by atoms with Crippen LogP contribution in [0.1, 0.15) is 31.8 Å². The Hall–Kier alpha value is -3.54. The number of nitrogens with one attached hydrogen (secondary N) is 2. The van der Waals surface area contributed by atoms with Crippen molar-refractivity contribution in [2.24, 2.45) is 0 Å². The fraction of sp³-hybridized carbons (Fsp3) is 0.0952. The summed E-state index contributed by atoms with van der Waals surface area (Å²) in [5.41, 5.74) is 2.97. The largest absolute Gasteiger partial charge is 0.348 e. The lowest BCUT2D eigenvalue weighted by atomic mass is 10.1.